The van der Waals surface area contributed by atoms with E-state index >= 15 is 0 Å². The summed E-state index contributed by atoms with van der Waals surface area (Å²) in [7, 11) is 1.78. The lowest BCUT2D eigenvalue weighted by Gasteiger charge is -2.35. The van der Waals surface area contributed by atoms with Crippen molar-refractivity contribution in [3.8, 4) is 0 Å². The zero-order valence-corrected chi connectivity index (χ0v) is 18.2. The van der Waals surface area contributed by atoms with Gasteiger partial charge in [0.05, 0.1) is 0 Å². The number of benzene rings is 2. The first kappa shape index (κ1) is 22.6. The zero-order chi connectivity index (χ0) is 22.1. The fourth-order valence-electron chi connectivity index (χ4n) is 3.56. The van der Waals surface area contributed by atoms with E-state index in [9.17, 15) is 9.18 Å². The van der Waals surface area contributed by atoms with Gasteiger partial charge in [-0.2, -0.15) is 0 Å². The Kier molecular flexibility index (Phi) is 8.29. The highest BCUT2D eigenvalue weighted by atomic mass is 19.1. The summed E-state index contributed by atoms with van der Waals surface area (Å²) >= 11 is 0. The molecule has 1 heterocycles. The summed E-state index contributed by atoms with van der Waals surface area (Å²) in [5, 5.41) is 2.86. The number of hydrogen-bond acceptors (Lipinski definition) is 3. The fourth-order valence-corrected chi connectivity index (χ4v) is 3.56. The third kappa shape index (κ3) is 7.00. The Balaban J connectivity index is 1.42. The predicted octanol–water partition coefficient (Wildman–Crippen LogP) is 2.86. The SMILES string of the molecule is CN=C(Cc1ccccc1)N=C(C)N1CCN(CCNC(=O)c2cccc(F)c2)CC1. The summed E-state index contributed by atoms with van der Waals surface area (Å²) in [4.78, 5) is 25.8. The molecular formula is C24H30FN5O. The van der Waals surface area contributed by atoms with Crippen molar-refractivity contribution in [3.63, 3.8) is 0 Å². The number of halogens is 1. The van der Waals surface area contributed by atoms with E-state index in [0.29, 0.717) is 12.1 Å². The Bertz CT molecular complexity index is 921. The molecular weight excluding hydrogens is 393 g/mol. The maximum Gasteiger partial charge on any atom is 0.251 e. The molecule has 6 nitrogen and oxygen atoms in total. The molecule has 31 heavy (non-hydrogen) atoms. The van der Waals surface area contributed by atoms with Crippen LogP contribution in [-0.2, 0) is 6.42 Å². The standard InChI is InChI=1S/C24H30FN5O/c1-19(28-23(26-2)17-20-7-4-3-5-8-20)30-15-13-29(14-16-30)12-11-27-24(31)21-9-6-10-22(25)18-21/h3-10,18H,11-17H2,1-2H3,(H,27,31). The van der Waals surface area contributed by atoms with Gasteiger partial charge in [0.1, 0.15) is 17.5 Å². The van der Waals surface area contributed by atoms with E-state index in [2.05, 4.69) is 32.2 Å². The minimum atomic E-state index is -0.402. The molecule has 1 aliphatic heterocycles. The average Bonchev–Trinajstić information content (AvgIpc) is 2.79. The topological polar surface area (TPSA) is 60.3 Å². The smallest absolute Gasteiger partial charge is 0.251 e. The summed E-state index contributed by atoms with van der Waals surface area (Å²) < 4.78 is 13.2. The van der Waals surface area contributed by atoms with Crippen molar-refractivity contribution in [1.82, 2.24) is 15.1 Å². The van der Waals surface area contributed by atoms with Crippen molar-refractivity contribution >= 4 is 17.6 Å². The van der Waals surface area contributed by atoms with E-state index in [0.717, 1.165) is 50.8 Å². The highest BCUT2D eigenvalue weighted by Crippen LogP contribution is 2.07. The van der Waals surface area contributed by atoms with E-state index in [-0.39, 0.29) is 5.91 Å². The Labute approximate surface area is 183 Å². The number of nitrogens with zero attached hydrogens (tertiary/aromatic N) is 4. The molecule has 0 bridgehead atoms. The van der Waals surface area contributed by atoms with Crippen molar-refractivity contribution < 1.29 is 9.18 Å². The molecule has 0 unspecified atom stereocenters. The molecule has 0 atom stereocenters. The van der Waals surface area contributed by atoms with Gasteiger partial charge >= 0.3 is 0 Å². The summed E-state index contributed by atoms with van der Waals surface area (Å²) in [5.74, 6) is 1.16. The van der Waals surface area contributed by atoms with Gasteiger partial charge in [0.15, 0.2) is 0 Å². The number of rotatable bonds is 6. The number of amides is 1. The van der Waals surface area contributed by atoms with Crippen LogP contribution in [-0.4, -0.2) is 73.7 Å². The second kappa shape index (κ2) is 11.4. The van der Waals surface area contributed by atoms with Crippen molar-refractivity contribution in [2.75, 3.05) is 46.3 Å². The monoisotopic (exact) mass is 423 g/mol. The van der Waals surface area contributed by atoms with Crippen LogP contribution in [0.2, 0.25) is 0 Å². The van der Waals surface area contributed by atoms with Crippen LogP contribution < -0.4 is 5.32 Å². The average molecular weight is 424 g/mol. The molecule has 2 aromatic carbocycles. The Hall–Kier alpha value is -3.06. The normalized spacial score (nSPS) is 15.8. The van der Waals surface area contributed by atoms with Crippen LogP contribution in [0.15, 0.2) is 64.6 Å². The van der Waals surface area contributed by atoms with E-state index in [1.54, 1.807) is 19.2 Å². The second-order valence-corrected chi connectivity index (χ2v) is 7.56. The molecule has 164 valence electrons. The first-order valence-corrected chi connectivity index (χ1v) is 10.6. The Morgan fingerprint density at radius 3 is 2.48 bits per heavy atom. The molecule has 0 aromatic heterocycles. The number of nitrogens with one attached hydrogen (secondary N) is 1. The molecule has 0 spiro atoms. The molecule has 7 heteroatoms. The molecule has 2 aromatic rings. The molecule has 1 N–H and O–H groups in total. The number of piperazine rings is 1. The fraction of sp³-hybridized carbons (Fsp3) is 0.375. The molecule has 0 saturated carbocycles. The molecule has 0 aliphatic carbocycles. The van der Waals surface area contributed by atoms with Gasteiger partial charge in [-0.1, -0.05) is 36.4 Å². The number of hydrogen-bond donors (Lipinski definition) is 1. The molecule has 1 saturated heterocycles. The maximum atomic E-state index is 13.2. The van der Waals surface area contributed by atoms with Crippen molar-refractivity contribution in [2.45, 2.75) is 13.3 Å². The summed E-state index contributed by atoms with van der Waals surface area (Å²) in [5.41, 5.74) is 1.55. The van der Waals surface area contributed by atoms with Crippen LogP contribution in [0.3, 0.4) is 0 Å². The number of aliphatic imine (C=N–C) groups is 2. The van der Waals surface area contributed by atoms with E-state index < -0.39 is 5.82 Å². The lowest BCUT2D eigenvalue weighted by atomic mass is 10.1. The van der Waals surface area contributed by atoms with E-state index in [1.165, 1.54) is 17.7 Å². The van der Waals surface area contributed by atoms with Gasteiger partial charge in [0.25, 0.3) is 5.91 Å². The van der Waals surface area contributed by atoms with Gasteiger partial charge in [-0.15, -0.1) is 0 Å². The quantitative estimate of drug-likeness (QED) is 0.574. The predicted molar refractivity (Wildman–Crippen MR) is 123 cm³/mol. The second-order valence-electron chi connectivity index (χ2n) is 7.56. The number of amidine groups is 2. The van der Waals surface area contributed by atoms with Crippen LogP contribution in [0.1, 0.15) is 22.8 Å². The first-order chi connectivity index (χ1) is 15.0. The van der Waals surface area contributed by atoms with Crippen LogP contribution in [0, 0.1) is 5.82 Å². The minimum absolute atomic E-state index is 0.245. The Morgan fingerprint density at radius 2 is 1.81 bits per heavy atom. The van der Waals surface area contributed by atoms with E-state index in [4.69, 9.17) is 4.99 Å². The Morgan fingerprint density at radius 1 is 1.06 bits per heavy atom. The zero-order valence-electron chi connectivity index (χ0n) is 18.2. The summed E-state index contributed by atoms with van der Waals surface area (Å²) in [6.45, 7) is 6.91. The third-order valence-electron chi connectivity index (χ3n) is 5.38. The maximum absolute atomic E-state index is 13.2. The first-order valence-electron chi connectivity index (χ1n) is 10.6. The largest absolute Gasteiger partial charge is 0.358 e. The van der Waals surface area contributed by atoms with Crippen LogP contribution in [0.5, 0.6) is 0 Å². The van der Waals surface area contributed by atoms with E-state index in [1.807, 2.05) is 25.1 Å². The highest BCUT2D eigenvalue weighted by molar-refractivity contribution is 5.97. The van der Waals surface area contributed by atoms with Gasteiger partial charge in [-0.25, -0.2) is 9.38 Å². The number of carbonyl (C=O) groups is 1. The van der Waals surface area contributed by atoms with Crippen molar-refractivity contribution in [1.29, 1.82) is 0 Å². The number of carbonyl (C=O) groups excluding carboxylic acids is 1. The van der Waals surface area contributed by atoms with Crippen LogP contribution >= 0.6 is 0 Å². The lowest BCUT2D eigenvalue weighted by molar-refractivity contribution is 0.0944. The highest BCUT2D eigenvalue weighted by Gasteiger charge is 2.18. The molecule has 3 rings (SSSR count). The van der Waals surface area contributed by atoms with Gasteiger partial charge in [-0.05, 0) is 30.7 Å². The summed E-state index contributed by atoms with van der Waals surface area (Å²) in [6.07, 6.45) is 0.722. The van der Waals surface area contributed by atoms with Gasteiger partial charge in [-0.3, -0.25) is 14.7 Å². The van der Waals surface area contributed by atoms with Gasteiger partial charge in [0.2, 0.25) is 0 Å². The minimum Gasteiger partial charge on any atom is -0.358 e. The lowest BCUT2D eigenvalue weighted by Crippen LogP contribution is -2.49. The molecule has 1 aliphatic rings. The molecule has 0 radical (unpaired) electrons. The van der Waals surface area contributed by atoms with Crippen LogP contribution in [0.4, 0.5) is 4.39 Å². The van der Waals surface area contributed by atoms with Crippen molar-refractivity contribution in [2.24, 2.45) is 9.98 Å². The van der Waals surface area contributed by atoms with Crippen LogP contribution in [0.25, 0.3) is 0 Å². The summed E-state index contributed by atoms with van der Waals surface area (Å²) in [6, 6.07) is 16.0. The van der Waals surface area contributed by atoms with Crippen molar-refractivity contribution in [3.05, 3.63) is 71.5 Å². The third-order valence-corrected chi connectivity index (χ3v) is 5.38. The van der Waals surface area contributed by atoms with Gasteiger partial charge < -0.3 is 10.2 Å². The molecule has 1 fully saturated rings. The molecule has 1 amide bonds. The van der Waals surface area contributed by atoms with Gasteiger partial charge in [0, 0.05) is 58.3 Å².